The summed E-state index contributed by atoms with van der Waals surface area (Å²) in [6.45, 7) is 0. The van der Waals surface area contributed by atoms with Crippen molar-refractivity contribution in [2.75, 3.05) is 4.72 Å². The fourth-order valence-electron chi connectivity index (χ4n) is 2.25. The number of hydrogen-bond acceptors (Lipinski definition) is 3. The molecule has 1 aromatic heterocycles. The lowest BCUT2D eigenvalue weighted by atomic mass is 10.1. The van der Waals surface area contributed by atoms with Crippen LogP contribution in [0.3, 0.4) is 0 Å². The Morgan fingerprint density at radius 1 is 0.931 bits per heavy atom. The molecule has 0 amide bonds. The molecule has 0 atom stereocenters. The van der Waals surface area contributed by atoms with Crippen molar-refractivity contribution >= 4 is 38.9 Å². The van der Waals surface area contributed by atoms with Crippen molar-refractivity contribution in [2.24, 2.45) is 0 Å². The average molecular weight is 457 g/mol. The minimum Gasteiger partial charge on any atom is -0.274 e. The highest BCUT2D eigenvalue weighted by Gasteiger charge is 2.23. The third kappa shape index (κ3) is 4.82. The minimum absolute atomic E-state index is 0.0343. The van der Waals surface area contributed by atoms with Crippen LogP contribution < -0.4 is 4.72 Å². The van der Waals surface area contributed by atoms with Crippen LogP contribution >= 0.6 is 23.2 Å². The molecular weight excluding hydrogens is 448 g/mol. The predicted molar refractivity (Wildman–Crippen MR) is 104 cm³/mol. The number of pyridine rings is 1. The molecule has 4 nitrogen and oxygen atoms in total. The molecule has 2 aromatic carbocycles. The van der Waals surface area contributed by atoms with Crippen LogP contribution in [0.4, 0.5) is 18.9 Å². The first-order valence-corrected chi connectivity index (χ1v) is 10.00. The van der Waals surface area contributed by atoms with Gasteiger partial charge >= 0.3 is 0 Å². The number of benzene rings is 2. The molecule has 148 valence electrons. The van der Waals surface area contributed by atoms with Crippen LogP contribution in [-0.2, 0) is 10.0 Å². The number of nitrogens with zero attached hydrogens (tertiary/aromatic N) is 1. The highest BCUT2D eigenvalue weighted by Crippen LogP contribution is 2.31. The fraction of sp³-hybridized carbons (Fsp3) is 0. The number of hydrogen-bond donors (Lipinski definition) is 1. The van der Waals surface area contributed by atoms with Crippen molar-refractivity contribution in [3.63, 3.8) is 0 Å². The number of sulfonamides is 1. The van der Waals surface area contributed by atoms with Gasteiger partial charge in [0.25, 0.3) is 10.0 Å². The molecular formula is C19H9Cl2F3N2O2S. The van der Waals surface area contributed by atoms with Gasteiger partial charge in [0.1, 0.15) is 16.4 Å². The molecule has 3 aromatic rings. The van der Waals surface area contributed by atoms with E-state index in [-0.39, 0.29) is 21.2 Å². The van der Waals surface area contributed by atoms with Gasteiger partial charge in [-0.25, -0.2) is 21.6 Å². The maximum atomic E-state index is 14.4. The molecule has 0 fully saturated rings. The van der Waals surface area contributed by atoms with E-state index >= 15 is 0 Å². The van der Waals surface area contributed by atoms with Crippen LogP contribution in [0.15, 0.2) is 53.7 Å². The van der Waals surface area contributed by atoms with E-state index in [0.29, 0.717) is 0 Å². The molecule has 10 heteroatoms. The van der Waals surface area contributed by atoms with Crippen LogP contribution in [0.2, 0.25) is 10.0 Å². The molecule has 0 spiro atoms. The third-order valence-corrected chi connectivity index (χ3v) is 5.86. The Kier molecular flexibility index (Phi) is 6.03. The van der Waals surface area contributed by atoms with Gasteiger partial charge in [-0.05, 0) is 30.3 Å². The van der Waals surface area contributed by atoms with E-state index < -0.39 is 38.1 Å². The first kappa shape index (κ1) is 21.0. The van der Waals surface area contributed by atoms with Crippen molar-refractivity contribution in [1.29, 1.82) is 0 Å². The van der Waals surface area contributed by atoms with Gasteiger partial charge in [-0.3, -0.25) is 9.71 Å². The maximum Gasteiger partial charge on any atom is 0.263 e. The molecule has 0 bridgehead atoms. The summed E-state index contributed by atoms with van der Waals surface area (Å²) in [4.78, 5) is 3.17. The molecule has 0 aliphatic carbocycles. The number of nitrogens with one attached hydrogen (secondary N) is 1. The Morgan fingerprint density at radius 2 is 1.59 bits per heavy atom. The van der Waals surface area contributed by atoms with Crippen molar-refractivity contribution < 1.29 is 21.6 Å². The van der Waals surface area contributed by atoms with Crippen LogP contribution in [0.25, 0.3) is 0 Å². The number of halogens is 5. The zero-order chi connectivity index (χ0) is 21.2. The summed E-state index contributed by atoms with van der Waals surface area (Å²) in [7, 11) is -4.42. The second-order valence-electron chi connectivity index (χ2n) is 5.61. The van der Waals surface area contributed by atoms with Gasteiger partial charge < -0.3 is 0 Å². The number of rotatable bonds is 3. The minimum atomic E-state index is -4.42. The summed E-state index contributed by atoms with van der Waals surface area (Å²) in [5.74, 6) is 1.95. The molecule has 0 saturated carbocycles. The normalized spacial score (nSPS) is 10.9. The SMILES string of the molecule is O=S(=O)(Nc1c(F)cc(C#Cc2cncc(F)c2)cc1F)c1cccc(Cl)c1Cl. The summed E-state index contributed by atoms with van der Waals surface area (Å²) in [6, 6.07) is 6.60. The molecule has 0 radical (unpaired) electrons. The monoisotopic (exact) mass is 456 g/mol. The second kappa shape index (κ2) is 8.33. The van der Waals surface area contributed by atoms with Crippen LogP contribution in [0.1, 0.15) is 11.1 Å². The van der Waals surface area contributed by atoms with Gasteiger partial charge in [0, 0.05) is 17.3 Å². The fourth-order valence-corrected chi connectivity index (χ4v) is 4.09. The zero-order valence-electron chi connectivity index (χ0n) is 14.2. The Balaban J connectivity index is 1.93. The molecule has 0 aliphatic heterocycles. The lowest BCUT2D eigenvalue weighted by Gasteiger charge is -2.12. The van der Waals surface area contributed by atoms with Crippen molar-refractivity contribution in [3.05, 3.63) is 87.4 Å². The topological polar surface area (TPSA) is 59.1 Å². The van der Waals surface area contributed by atoms with Crippen molar-refractivity contribution in [3.8, 4) is 11.8 Å². The summed E-state index contributed by atoms with van der Waals surface area (Å²) < 4.78 is 68.5. The Hall–Kier alpha value is -2.73. The van der Waals surface area contributed by atoms with Gasteiger partial charge in [-0.1, -0.05) is 41.1 Å². The van der Waals surface area contributed by atoms with Crippen molar-refractivity contribution in [1.82, 2.24) is 4.98 Å². The lowest BCUT2D eigenvalue weighted by molar-refractivity contribution is 0.582. The zero-order valence-corrected chi connectivity index (χ0v) is 16.5. The van der Waals surface area contributed by atoms with Gasteiger partial charge in [-0.2, -0.15) is 0 Å². The first-order chi connectivity index (χ1) is 13.7. The summed E-state index contributed by atoms with van der Waals surface area (Å²) in [5, 5.41) is -0.318. The summed E-state index contributed by atoms with van der Waals surface area (Å²) in [6.07, 6.45) is 2.26. The van der Waals surface area contributed by atoms with E-state index in [9.17, 15) is 21.6 Å². The summed E-state index contributed by atoms with van der Waals surface area (Å²) in [5.41, 5.74) is -0.793. The van der Waals surface area contributed by atoms with Gasteiger partial charge in [0.05, 0.1) is 16.2 Å². The highest BCUT2D eigenvalue weighted by atomic mass is 35.5. The molecule has 0 saturated heterocycles. The van der Waals surface area contributed by atoms with Gasteiger partial charge in [-0.15, -0.1) is 0 Å². The van der Waals surface area contributed by atoms with E-state index in [2.05, 4.69) is 16.8 Å². The van der Waals surface area contributed by atoms with E-state index in [4.69, 9.17) is 23.2 Å². The van der Waals surface area contributed by atoms with Gasteiger partial charge in [0.15, 0.2) is 11.6 Å². The predicted octanol–water partition coefficient (Wildman–Crippen LogP) is 5.01. The van der Waals surface area contributed by atoms with E-state index in [1.807, 2.05) is 4.72 Å². The third-order valence-electron chi connectivity index (χ3n) is 3.54. The second-order valence-corrected chi connectivity index (χ2v) is 8.05. The first-order valence-electron chi connectivity index (χ1n) is 7.76. The lowest BCUT2D eigenvalue weighted by Crippen LogP contribution is -2.16. The summed E-state index contributed by atoms with van der Waals surface area (Å²) >= 11 is 11.7. The molecule has 0 unspecified atom stereocenters. The smallest absolute Gasteiger partial charge is 0.263 e. The van der Waals surface area contributed by atoms with E-state index in [1.54, 1.807) is 0 Å². The average Bonchev–Trinajstić information content (AvgIpc) is 2.65. The van der Waals surface area contributed by atoms with Crippen LogP contribution in [-0.4, -0.2) is 13.4 Å². The number of aromatic nitrogens is 1. The molecule has 0 aliphatic rings. The molecule has 1 N–H and O–H groups in total. The largest absolute Gasteiger partial charge is 0.274 e. The van der Waals surface area contributed by atoms with Crippen molar-refractivity contribution in [2.45, 2.75) is 4.90 Å². The Bertz CT molecular complexity index is 1250. The van der Waals surface area contributed by atoms with E-state index in [1.165, 1.54) is 18.3 Å². The Morgan fingerprint density at radius 3 is 2.24 bits per heavy atom. The van der Waals surface area contributed by atoms with Gasteiger partial charge in [0.2, 0.25) is 0 Å². The Labute approximate surface area is 174 Å². The van der Waals surface area contributed by atoms with Crippen LogP contribution in [0, 0.1) is 29.3 Å². The molecule has 3 rings (SSSR count). The van der Waals surface area contributed by atoms with Crippen LogP contribution in [0.5, 0.6) is 0 Å². The highest BCUT2D eigenvalue weighted by molar-refractivity contribution is 7.92. The maximum absolute atomic E-state index is 14.4. The number of anilines is 1. The molecule has 1 heterocycles. The standard InChI is InChI=1S/C19H9Cl2F3N2O2S/c20-14-2-1-3-17(18(14)21)29(27,28)26-19-15(23)7-11(8-16(19)24)4-5-12-6-13(22)10-25-9-12/h1-3,6-10,26H. The molecule has 29 heavy (non-hydrogen) atoms. The van der Waals surface area contributed by atoms with E-state index in [0.717, 1.165) is 30.5 Å². The quantitative estimate of drug-likeness (QED) is 0.563.